The third kappa shape index (κ3) is 2.21. The highest BCUT2D eigenvalue weighted by Gasteiger charge is 1.80. The van der Waals surface area contributed by atoms with Gasteiger partial charge in [-0.3, -0.25) is 0 Å². The predicted molar refractivity (Wildman–Crippen MR) is 33.7 cm³/mol. The van der Waals surface area contributed by atoms with E-state index in [4.69, 9.17) is 5.90 Å². The first kappa shape index (κ1) is 6.98. The minimum atomic E-state index is 0.514. The molecule has 0 aliphatic heterocycles. The van der Waals surface area contributed by atoms with Gasteiger partial charge in [0.15, 0.2) is 0 Å². The van der Waals surface area contributed by atoms with Crippen LogP contribution in [0.2, 0.25) is 0 Å². The van der Waals surface area contributed by atoms with Crippen LogP contribution in [-0.2, 0) is 4.84 Å². The van der Waals surface area contributed by atoms with Crippen LogP contribution in [0.3, 0.4) is 0 Å². The molecule has 2 nitrogen and oxygen atoms in total. The third-order valence-corrected chi connectivity index (χ3v) is 0.619. The molecule has 44 valence electrons. The molecule has 0 radical (unpaired) electrons. The summed E-state index contributed by atoms with van der Waals surface area (Å²) in [5.41, 5.74) is 0. The molecule has 0 saturated carbocycles. The monoisotopic (exact) mass is 111 g/mol. The van der Waals surface area contributed by atoms with Gasteiger partial charge in [-0.25, -0.2) is 0 Å². The van der Waals surface area contributed by atoms with Crippen molar-refractivity contribution in [3.8, 4) is 0 Å². The molecule has 2 N–H and O–H groups in total. The average molecular weight is 111 g/mol. The molecule has 0 aliphatic rings. The fourth-order valence-electron chi connectivity index (χ4n) is 0.272. The van der Waals surface area contributed by atoms with E-state index in [0.717, 1.165) is 0 Å². The fourth-order valence-corrected chi connectivity index (χ4v) is 0.272. The second-order valence-corrected chi connectivity index (χ2v) is 1.13. The number of hydrogen-bond donors (Lipinski definition) is 1. The Morgan fingerprint density at radius 1 is 1.50 bits per heavy atom. The topological polar surface area (TPSA) is 35.2 Å². The molecule has 0 unspecified atom stereocenters. The van der Waals surface area contributed by atoms with E-state index in [9.17, 15) is 0 Å². The minimum Gasteiger partial charge on any atom is -0.412 e. The zero-order valence-corrected chi connectivity index (χ0v) is 4.63. The van der Waals surface area contributed by atoms with Gasteiger partial charge < -0.3 is 4.84 Å². The van der Waals surface area contributed by atoms with E-state index in [1.807, 2.05) is 0 Å². The molecule has 2 heteroatoms. The second-order valence-electron chi connectivity index (χ2n) is 1.13. The lowest BCUT2D eigenvalue weighted by Gasteiger charge is -1.92. The van der Waals surface area contributed by atoms with Crippen LogP contribution in [0.15, 0.2) is 37.1 Å². The van der Waals surface area contributed by atoms with E-state index in [-0.39, 0.29) is 0 Å². The highest BCUT2D eigenvalue weighted by atomic mass is 16.6. The summed E-state index contributed by atoms with van der Waals surface area (Å²) in [7, 11) is 0. The van der Waals surface area contributed by atoms with E-state index in [1.54, 1.807) is 12.2 Å². The van der Waals surface area contributed by atoms with Gasteiger partial charge in [0.25, 0.3) is 0 Å². The molecule has 0 aliphatic carbocycles. The maximum atomic E-state index is 4.78. The fraction of sp³-hybridized carbons (Fsp3) is 0. The summed E-state index contributed by atoms with van der Waals surface area (Å²) in [5, 5.41) is 0. The van der Waals surface area contributed by atoms with Crippen molar-refractivity contribution in [1.82, 2.24) is 0 Å². The summed E-state index contributed by atoms with van der Waals surface area (Å²) in [6, 6.07) is 0. The van der Waals surface area contributed by atoms with E-state index in [2.05, 4.69) is 18.0 Å². The molecular formula is C6H9NO. The molecular weight excluding hydrogens is 102 g/mol. The molecule has 8 heavy (non-hydrogen) atoms. The molecule has 0 rings (SSSR count). The summed E-state index contributed by atoms with van der Waals surface area (Å²) in [6.07, 6.45) is 4.69. The number of hydrogen-bond acceptors (Lipinski definition) is 2. The van der Waals surface area contributed by atoms with Crippen LogP contribution in [-0.4, -0.2) is 0 Å². The van der Waals surface area contributed by atoms with E-state index in [0.29, 0.717) is 5.76 Å². The molecule has 0 spiro atoms. The SMILES string of the molecule is C=C/C=C(\C=C)ON. The lowest BCUT2D eigenvalue weighted by molar-refractivity contribution is 0.234. The van der Waals surface area contributed by atoms with Crippen molar-refractivity contribution in [2.75, 3.05) is 0 Å². The molecule has 0 atom stereocenters. The Balaban J connectivity index is 3.84. The Hall–Kier alpha value is -1.02. The van der Waals surface area contributed by atoms with Gasteiger partial charge in [-0.05, 0) is 12.2 Å². The summed E-state index contributed by atoms with van der Waals surface area (Å²) < 4.78 is 0. The smallest absolute Gasteiger partial charge is 0.146 e. The van der Waals surface area contributed by atoms with Crippen molar-refractivity contribution in [1.29, 1.82) is 0 Å². The summed E-state index contributed by atoms with van der Waals surface area (Å²) >= 11 is 0. The molecule has 0 amide bonds. The van der Waals surface area contributed by atoms with Crippen molar-refractivity contribution < 1.29 is 4.84 Å². The summed E-state index contributed by atoms with van der Waals surface area (Å²) in [4.78, 5) is 4.31. The van der Waals surface area contributed by atoms with Gasteiger partial charge in [-0.2, -0.15) is 5.90 Å². The largest absolute Gasteiger partial charge is 0.412 e. The lowest BCUT2D eigenvalue weighted by atomic mass is 10.4. The Labute approximate surface area is 48.9 Å². The Morgan fingerprint density at radius 3 is 2.25 bits per heavy atom. The number of allylic oxidation sites excluding steroid dienone is 3. The zero-order chi connectivity index (χ0) is 6.41. The van der Waals surface area contributed by atoms with Crippen LogP contribution < -0.4 is 5.90 Å². The highest BCUT2D eigenvalue weighted by Crippen LogP contribution is 1.91. The van der Waals surface area contributed by atoms with E-state index < -0.39 is 0 Å². The Kier molecular flexibility index (Phi) is 3.62. The minimum absolute atomic E-state index is 0.514. The van der Waals surface area contributed by atoms with Crippen LogP contribution in [0.1, 0.15) is 0 Å². The second kappa shape index (κ2) is 4.15. The van der Waals surface area contributed by atoms with Crippen LogP contribution in [0.5, 0.6) is 0 Å². The van der Waals surface area contributed by atoms with E-state index >= 15 is 0 Å². The highest BCUT2D eigenvalue weighted by molar-refractivity contribution is 5.13. The molecule has 0 aromatic rings. The first-order chi connectivity index (χ1) is 3.85. The number of nitrogens with two attached hydrogens (primary N) is 1. The van der Waals surface area contributed by atoms with Crippen molar-refractivity contribution in [2.24, 2.45) is 5.90 Å². The van der Waals surface area contributed by atoms with E-state index in [1.165, 1.54) is 6.08 Å². The number of rotatable bonds is 3. The van der Waals surface area contributed by atoms with Crippen molar-refractivity contribution >= 4 is 0 Å². The predicted octanol–water partition coefficient (Wildman–Crippen LogP) is 1.13. The van der Waals surface area contributed by atoms with Crippen LogP contribution in [0.4, 0.5) is 0 Å². The average Bonchev–Trinajstić information content (AvgIpc) is 1.83. The molecule has 0 aromatic heterocycles. The zero-order valence-electron chi connectivity index (χ0n) is 4.63. The molecule has 0 heterocycles. The molecule has 0 bridgehead atoms. The van der Waals surface area contributed by atoms with Gasteiger partial charge in [-0.1, -0.05) is 19.2 Å². The Morgan fingerprint density at radius 2 is 2.12 bits per heavy atom. The Bertz CT molecular complexity index is 116. The standard InChI is InChI=1S/C6H9NO/c1-3-5-6(4-2)8-7/h3-5H,1-2,7H2/b6-5+. The van der Waals surface area contributed by atoms with Crippen LogP contribution in [0, 0.1) is 0 Å². The molecule has 0 aromatic carbocycles. The summed E-state index contributed by atoms with van der Waals surface area (Å²) in [6.45, 7) is 6.87. The van der Waals surface area contributed by atoms with Crippen LogP contribution in [0.25, 0.3) is 0 Å². The van der Waals surface area contributed by atoms with Gasteiger partial charge in [0.05, 0.1) is 0 Å². The maximum Gasteiger partial charge on any atom is 0.146 e. The third-order valence-electron chi connectivity index (χ3n) is 0.619. The quantitative estimate of drug-likeness (QED) is 0.336. The van der Waals surface area contributed by atoms with Gasteiger partial charge in [0, 0.05) is 0 Å². The summed E-state index contributed by atoms with van der Waals surface area (Å²) in [5.74, 6) is 5.30. The maximum absolute atomic E-state index is 4.78. The molecule has 0 fully saturated rings. The first-order valence-corrected chi connectivity index (χ1v) is 2.17. The normalized spacial score (nSPS) is 10.4. The van der Waals surface area contributed by atoms with Crippen molar-refractivity contribution in [3.05, 3.63) is 37.1 Å². The first-order valence-electron chi connectivity index (χ1n) is 2.17. The lowest BCUT2D eigenvalue weighted by Crippen LogP contribution is -1.95. The van der Waals surface area contributed by atoms with Crippen molar-refractivity contribution in [3.63, 3.8) is 0 Å². The van der Waals surface area contributed by atoms with Gasteiger partial charge in [0.2, 0.25) is 0 Å². The van der Waals surface area contributed by atoms with Gasteiger partial charge in [0.1, 0.15) is 5.76 Å². The van der Waals surface area contributed by atoms with Crippen LogP contribution >= 0.6 is 0 Å². The van der Waals surface area contributed by atoms with Crippen molar-refractivity contribution in [2.45, 2.75) is 0 Å². The van der Waals surface area contributed by atoms with Gasteiger partial charge >= 0.3 is 0 Å². The molecule has 0 saturated heterocycles. The van der Waals surface area contributed by atoms with Gasteiger partial charge in [-0.15, -0.1) is 0 Å².